The molecule has 0 unspecified atom stereocenters. The second-order valence-electron chi connectivity index (χ2n) is 12.6. The number of likely N-dealkylation sites (tertiary alicyclic amines) is 1. The number of esters is 1. The molecular formula is C36H51N3O7. The van der Waals surface area contributed by atoms with Crippen LogP contribution in [-0.4, -0.2) is 89.1 Å². The van der Waals surface area contributed by atoms with E-state index < -0.39 is 41.7 Å². The first-order valence-electron chi connectivity index (χ1n) is 16.9. The largest absolute Gasteiger partial charge is 0.455 e. The van der Waals surface area contributed by atoms with E-state index in [1.165, 1.54) is 0 Å². The van der Waals surface area contributed by atoms with Crippen molar-refractivity contribution >= 4 is 23.7 Å². The molecule has 252 valence electrons. The molecular weight excluding hydrogens is 586 g/mol. The summed E-state index contributed by atoms with van der Waals surface area (Å²) >= 11 is 0. The fourth-order valence-electron chi connectivity index (χ4n) is 7.30. The number of nitrogens with zero attached hydrogens (tertiary/aromatic N) is 2. The van der Waals surface area contributed by atoms with Crippen LogP contribution in [-0.2, 0) is 28.7 Å². The molecule has 3 saturated heterocycles. The van der Waals surface area contributed by atoms with Crippen LogP contribution in [0.4, 0.5) is 0 Å². The topological polar surface area (TPSA) is 125 Å². The molecule has 1 aromatic carbocycles. The Bertz CT molecular complexity index is 1220. The number of fused-ring (bicyclic) bond motifs is 1. The highest BCUT2D eigenvalue weighted by Crippen LogP contribution is 2.59. The summed E-state index contributed by atoms with van der Waals surface area (Å²) < 4.78 is 12.7. The molecule has 1 aromatic rings. The van der Waals surface area contributed by atoms with Crippen molar-refractivity contribution < 1.29 is 33.8 Å². The van der Waals surface area contributed by atoms with E-state index in [9.17, 15) is 24.3 Å². The summed E-state index contributed by atoms with van der Waals surface area (Å²) in [5, 5.41) is 12.1. The average Bonchev–Trinajstić information content (AvgIpc) is 3.71. The van der Waals surface area contributed by atoms with Gasteiger partial charge in [-0.15, -0.1) is 13.2 Å². The summed E-state index contributed by atoms with van der Waals surface area (Å²) in [6.45, 7) is 11.1. The van der Waals surface area contributed by atoms with Crippen LogP contribution in [0.5, 0.6) is 0 Å². The maximum Gasteiger partial charge on any atom is 0.313 e. The Morgan fingerprint density at radius 2 is 1.91 bits per heavy atom. The van der Waals surface area contributed by atoms with Crippen molar-refractivity contribution in [2.24, 2.45) is 11.8 Å². The first-order valence-corrected chi connectivity index (χ1v) is 16.9. The van der Waals surface area contributed by atoms with Crippen molar-refractivity contribution in [3.63, 3.8) is 0 Å². The van der Waals surface area contributed by atoms with Gasteiger partial charge < -0.3 is 29.7 Å². The van der Waals surface area contributed by atoms with Gasteiger partial charge in [0.15, 0.2) is 0 Å². The normalized spacial score (nSPS) is 25.2. The maximum atomic E-state index is 14.3. The lowest BCUT2D eigenvalue weighted by Gasteiger charge is -2.37. The van der Waals surface area contributed by atoms with E-state index in [1.807, 2.05) is 30.3 Å². The molecule has 1 spiro atoms. The van der Waals surface area contributed by atoms with Crippen LogP contribution < -0.4 is 5.32 Å². The number of hydrogen-bond donors (Lipinski definition) is 2. The highest BCUT2D eigenvalue weighted by molar-refractivity contribution is 5.98. The van der Waals surface area contributed by atoms with Crippen molar-refractivity contribution in [2.75, 3.05) is 32.8 Å². The smallest absolute Gasteiger partial charge is 0.313 e. The lowest BCUT2D eigenvalue weighted by atomic mass is 9.70. The zero-order chi connectivity index (χ0) is 33.1. The number of rotatable bonds is 20. The van der Waals surface area contributed by atoms with E-state index in [2.05, 4.69) is 25.4 Å². The Morgan fingerprint density at radius 3 is 2.61 bits per heavy atom. The van der Waals surface area contributed by atoms with Crippen molar-refractivity contribution in [2.45, 2.75) is 95.0 Å². The van der Waals surface area contributed by atoms with Crippen LogP contribution in [0.15, 0.2) is 55.6 Å². The Hall–Kier alpha value is -3.50. The Morgan fingerprint density at radius 1 is 1.15 bits per heavy atom. The number of allylic oxidation sites excluding steroid dienone is 1. The Balaban J connectivity index is 1.60. The van der Waals surface area contributed by atoms with Gasteiger partial charge in [-0.3, -0.25) is 19.2 Å². The van der Waals surface area contributed by atoms with E-state index in [4.69, 9.17) is 9.47 Å². The number of aliphatic hydroxyl groups excluding tert-OH is 1. The molecule has 3 aliphatic heterocycles. The first-order chi connectivity index (χ1) is 22.3. The van der Waals surface area contributed by atoms with Crippen LogP contribution in [0.2, 0.25) is 0 Å². The third kappa shape index (κ3) is 7.72. The molecule has 3 heterocycles. The number of benzene rings is 1. The molecule has 2 N–H and O–H groups in total. The van der Waals surface area contributed by atoms with Gasteiger partial charge in [-0.1, -0.05) is 68.7 Å². The van der Waals surface area contributed by atoms with Crippen LogP contribution in [0, 0.1) is 11.8 Å². The van der Waals surface area contributed by atoms with E-state index in [0.29, 0.717) is 51.7 Å². The number of amides is 3. The van der Waals surface area contributed by atoms with Crippen LogP contribution in [0.25, 0.3) is 0 Å². The number of aliphatic hydroxyl groups is 1. The quantitative estimate of drug-likeness (QED) is 0.125. The summed E-state index contributed by atoms with van der Waals surface area (Å²) in [6.07, 6.45) is 8.67. The zero-order valence-corrected chi connectivity index (χ0v) is 27.2. The summed E-state index contributed by atoms with van der Waals surface area (Å²) in [5.41, 5.74) is -0.384. The number of carbonyl (C=O) groups is 4. The zero-order valence-electron chi connectivity index (χ0n) is 27.2. The van der Waals surface area contributed by atoms with Gasteiger partial charge in [0.1, 0.15) is 17.7 Å². The number of ether oxygens (including phenoxy) is 2. The fraction of sp³-hybridized carbons (Fsp3) is 0.611. The molecule has 10 nitrogen and oxygen atoms in total. The molecule has 46 heavy (non-hydrogen) atoms. The van der Waals surface area contributed by atoms with Gasteiger partial charge in [0.25, 0.3) is 0 Å². The third-order valence-corrected chi connectivity index (χ3v) is 9.55. The van der Waals surface area contributed by atoms with Crippen molar-refractivity contribution in [3.05, 3.63) is 61.2 Å². The van der Waals surface area contributed by atoms with Crippen LogP contribution in [0.3, 0.4) is 0 Å². The van der Waals surface area contributed by atoms with E-state index in [-0.39, 0.29) is 37.3 Å². The monoisotopic (exact) mass is 637 g/mol. The van der Waals surface area contributed by atoms with Crippen LogP contribution in [0.1, 0.15) is 82.8 Å². The molecule has 3 aliphatic rings. The SMILES string of the molecule is C=CCCC(=O)NC[C@@H](OC(=O)[C@@H]1[C@H]2C(=O)N(CCCCCCO)[C@H](C(=O)N(CC=C)CCCC)[C@]23CC[C@H]1O3)c1ccccc1. The molecule has 2 bridgehead atoms. The lowest BCUT2D eigenvalue weighted by Crippen LogP contribution is -2.56. The van der Waals surface area contributed by atoms with Gasteiger partial charge in [0.05, 0.1) is 24.5 Å². The van der Waals surface area contributed by atoms with Crippen molar-refractivity contribution in [1.82, 2.24) is 15.1 Å². The maximum absolute atomic E-state index is 14.3. The highest BCUT2D eigenvalue weighted by atomic mass is 16.6. The van der Waals surface area contributed by atoms with Crippen molar-refractivity contribution in [1.29, 1.82) is 0 Å². The second-order valence-corrected chi connectivity index (χ2v) is 12.6. The number of carbonyl (C=O) groups excluding carboxylic acids is 4. The lowest BCUT2D eigenvalue weighted by molar-refractivity contribution is -0.160. The molecule has 3 amide bonds. The molecule has 0 radical (unpaired) electrons. The van der Waals surface area contributed by atoms with Gasteiger partial charge in [-0.25, -0.2) is 0 Å². The summed E-state index contributed by atoms with van der Waals surface area (Å²) in [4.78, 5) is 58.6. The Kier molecular flexibility index (Phi) is 13.0. The van der Waals surface area contributed by atoms with Gasteiger partial charge in [0, 0.05) is 32.7 Å². The highest BCUT2D eigenvalue weighted by Gasteiger charge is 2.75. The summed E-state index contributed by atoms with van der Waals surface area (Å²) in [6, 6.07) is 8.39. The van der Waals surface area contributed by atoms with Gasteiger partial charge >= 0.3 is 5.97 Å². The van der Waals surface area contributed by atoms with E-state index in [1.54, 1.807) is 22.0 Å². The van der Waals surface area contributed by atoms with Crippen molar-refractivity contribution in [3.8, 4) is 0 Å². The predicted molar refractivity (Wildman–Crippen MR) is 174 cm³/mol. The average molecular weight is 638 g/mol. The van der Waals surface area contributed by atoms with Gasteiger partial charge in [-0.2, -0.15) is 0 Å². The van der Waals surface area contributed by atoms with Crippen LogP contribution >= 0.6 is 0 Å². The molecule has 6 atom stereocenters. The molecule has 10 heteroatoms. The predicted octanol–water partition coefficient (Wildman–Crippen LogP) is 4.10. The van der Waals surface area contributed by atoms with Gasteiger partial charge in [-0.05, 0) is 44.1 Å². The number of hydrogen-bond acceptors (Lipinski definition) is 7. The molecule has 0 aromatic heterocycles. The fourth-order valence-corrected chi connectivity index (χ4v) is 7.30. The summed E-state index contributed by atoms with van der Waals surface area (Å²) in [7, 11) is 0. The standard InChI is InChI=1S/C36H51N3O7/c1-4-7-18-29(41)37-25-28(26-16-12-11-13-17-26)45-35(44)30-27-19-20-36(46-27)31(30)33(42)39(23-14-9-10-15-24-40)32(36)34(43)38(21-6-3)22-8-5-2/h4,6,11-13,16-17,27-28,30-32,40H,1,3,5,7-10,14-15,18-25H2,2H3,(H,37,41)/t27-,28-,30+,31+,32-,36+/m1/s1. The van der Waals surface area contributed by atoms with E-state index >= 15 is 0 Å². The molecule has 4 rings (SSSR count). The first kappa shape index (κ1) is 35.4. The minimum absolute atomic E-state index is 0.0861. The minimum Gasteiger partial charge on any atom is -0.455 e. The number of nitrogens with one attached hydrogen (secondary N) is 1. The van der Waals surface area contributed by atoms with Gasteiger partial charge in [0.2, 0.25) is 17.7 Å². The second kappa shape index (κ2) is 16.9. The summed E-state index contributed by atoms with van der Waals surface area (Å²) in [5.74, 6) is -2.83. The number of unbranched alkanes of at least 4 members (excludes halogenated alkanes) is 4. The van der Waals surface area contributed by atoms with E-state index in [0.717, 1.165) is 31.2 Å². The molecule has 3 fully saturated rings. The molecule has 0 saturated carbocycles. The minimum atomic E-state index is -1.11. The molecule has 0 aliphatic carbocycles. The third-order valence-electron chi connectivity index (χ3n) is 9.55. The Labute approximate surface area is 273 Å².